The highest BCUT2D eigenvalue weighted by molar-refractivity contribution is 6.30. The fourth-order valence-electron chi connectivity index (χ4n) is 3.06. The largest absolute Gasteiger partial charge is 0.497 e. The molecule has 3 aromatic carbocycles. The third-order valence-corrected chi connectivity index (χ3v) is 4.50. The Morgan fingerprint density at radius 3 is 2.46 bits per heavy atom. The molecule has 0 saturated heterocycles. The van der Waals surface area contributed by atoms with Gasteiger partial charge in [-0.15, -0.1) is 0 Å². The molecule has 3 nitrogen and oxygen atoms in total. The minimum atomic E-state index is -1.58. The van der Waals surface area contributed by atoms with Gasteiger partial charge >= 0.3 is 0 Å². The Balaban J connectivity index is 1.93. The van der Waals surface area contributed by atoms with Crippen LogP contribution in [0.1, 0.15) is 11.1 Å². The van der Waals surface area contributed by atoms with E-state index in [0.29, 0.717) is 21.9 Å². The van der Waals surface area contributed by atoms with Crippen LogP contribution < -0.4 is 9.47 Å². The first kappa shape index (κ1) is 15.1. The molecule has 0 radical (unpaired) electrons. The number of rotatable bonds is 2. The van der Waals surface area contributed by atoms with Gasteiger partial charge in [-0.1, -0.05) is 35.9 Å². The smallest absolute Gasteiger partial charge is 0.262 e. The molecule has 1 aliphatic heterocycles. The van der Waals surface area contributed by atoms with Crippen molar-refractivity contribution in [2.45, 2.75) is 5.79 Å². The zero-order valence-electron chi connectivity index (χ0n) is 13.0. The summed E-state index contributed by atoms with van der Waals surface area (Å²) in [6, 6.07) is 20.3. The standard InChI is InChI=1S/C20H15ClO3/c1-23-15-9-6-13(7-10-15)20(22)18-5-3-2-4-16(18)17-11-8-14(21)12-19(17)24-20/h2-12,22H,1H3. The van der Waals surface area contributed by atoms with E-state index in [0.717, 1.165) is 16.9 Å². The summed E-state index contributed by atoms with van der Waals surface area (Å²) in [6.45, 7) is 0. The van der Waals surface area contributed by atoms with Gasteiger partial charge in [-0.2, -0.15) is 0 Å². The van der Waals surface area contributed by atoms with Crippen LogP contribution in [-0.2, 0) is 5.79 Å². The molecular weight excluding hydrogens is 324 g/mol. The molecule has 120 valence electrons. The van der Waals surface area contributed by atoms with Crippen molar-refractivity contribution >= 4 is 11.6 Å². The van der Waals surface area contributed by atoms with Gasteiger partial charge in [0, 0.05) is 21.7 Å². The van der Waals surface area contributed by atoms with Crippen LogP contribution >= 0.6 is 11.6 Å². The number of halogens is 1. The van der Waals surface area contributed by atoms with Crippen molar-refractivity contribution in [3.05, 3.63) is 82.9 Å². The lowest BCUT2D eigenvalue weighted by Gasteiger charge is -2.36. The maximum Gasteiger partial charge on any atom is 0.262 e. The van der Waals surface area contributed by atoms with Gasteiger partial charge in [0.25, 0.3) is 5.79 Å². The SMILES string of the molecule is COc1ccc(C2(O)Oc3cc(Cl)ccc3-c3ccccc32)cc1. The summed E-state index contributed by atoms with van der Waals surface area (Å²) in [5, 5.41) is 12.0. The van der Waals surface area contributed by atoms with E-state index in [4.69, 9.17) is 21.1 Å². The van der Waals surface area contributed by atoms with Gasteiger partial charge in [-0.05, 0) is 48.0 Å². The summed E-state index contributed by atoms with van der Waals surface area (Å²) in [5.41, 5.74) is 3.16. The third kappa shape index (κ3) is 2.25. The fourth-order valence-corrected chi connectivity index (χ4v) is 3.22. The number of benzene rings is 3. The average Bonchev–Trinajstić information content (AvgIpc) is 2.62. The van der Waals surface area contributed by atoms with E-state index in [2.05, 4.69) is 0 Å². The molecule has 0 amide bonds. The second-order valence-corrected chi connectivity index (χ2v) is 6.10. The zero-order chi connectivity index (χ0) is 16.7. The third-order valence-electron chi connectivity index (χ3n) is 4.26. The van der Waals surface area contributed by atoms with Crippen LogP contribution in [0.4, 0.5) is 0 Å². The topological polar surface area (TPSA) is 38.7 Å². The molecule has 1 atom stereocenters. The van der Waals surface area contributed by atoms with E-state index in [1.807, 2.05) is 36.4 Å². The van der Waals surface area contributed by atoms with Crippen LogP contribution in [0, 0.1) is 0 Å². The van der Waals surface area contributed by atoms with Crippen LogP contribution in [-0.4, -0.2) is 12.2 Å². The van der Waals surface area contributed by atoms with E-state index in [1.165, 1.54) is 0 Å². The molecule has 0 fully saturated rings. The quantitative estimate of drug-likeness (QED) is 0.742. The van der Waals surface area contributed by atoms with E-state index in [-0.39, 0.29) is 0 Å². The predicted molar refractivity (Wildman–Crippen MR) is 93.5 cm³/mol. The molecule has 0 aliphatic carbocycles. The number of ether oxygens (including phenoxy) is 2. The Hall–Kier alpha value is -2.49. The highest BCUT2D eigenvalue weighted by Crippen LogP contribution is 2.47. The molecule has 0 spiro atoms. The Kier molecular flexibility index (Phi) is 3.48. The lowest BCUT2D eigenvalue weighted by Crippen LogP contribution is -2.37. The van der Waals surface area contributed by atoms with Gasteiger partial charge in [-0.3, -0.25) is 0 Å². The average molecular weight is 339 g/mol. The first-order valence-electron chi connectivity index (χ1n) is 7.57. The number of aliphatic hydroxyl groups is 1. The molecule has 0 bridgehead atoms. The first-order chi connectivity index (χ1) is 11.6. The van der Waals surface area contributed by atoms with Gasteiger partial charge in [0.1, 0.15) is 11.5 Å². The molecule has 4 heteroatoms. The molecule has 1 heterocycles. The van der Waals surface area contributed by atoms with Crippen LogP contribution in [0.3, 0.4) is 0 Å². The van der Waals surface area contributed by atoms with Crippen molar-refractivity contribution in [2.24, 2.45) is 0 Å². The van der Waals surface area contributed by atoms with Crippen LogP contribution in [0.25, 0.3) is 11.1 Å². The molecule has 3 aromatic rings. The highest BCUT2D eigenvalue weighted by atomic mass is 35.5. The monoisotopic (exact) mass is 338 g/mol. The Bertz CT molecular complexity index is 905. The lowest BCUT2D eigenvalue weighted by atomic mass is 9.87. The molecule has 24 heavy (non-hydrogen) atoms. The van der Waals surface area contributed by atoms with Crippen LogP contribution in [0.2, 0.25) is 5.02 Å². The van der Waals surface area contributed by atoms with Crippen molar-refractivity contribution in [3.63, 3.8) is 0 Å². The van der Waals surface area contributed by atoms with Gasteiger partial charge in [-0.25, -0.2) is 0 Å². The van der Waals surface area contributed by atoms with Crippen molar-refractivity contribution in [2.75, 3.05) is 7.11 Å². The number of methoxy groups -OCH3 is 1. The Morgan fingerprint density at radius 1 is 0.958 bits per heavy atom. The summed E-state index contributed by atoms with van der Waals surface area (Å²) in [6.07, 6.45) is 0. The van der Waals surface area contributed by atoms with E-state index >= 15 is 0 Å². The molecular formula is C20H15ClO3. The fraction of sp³-hybridized carbons (Fsp3) is 0.100. The molecule has 0 saturated carbocycles. The van der Waals surface area contributed by atoms with E-state index in [9.17, 15) is 5.11 Å². The second-order valence-electron chi connectivity index (χ2n) is 5.66. The summed E-state index contributed by atoms with van der Waals surface area (Å²) in [5.74, 6) is -0.310. The maximum absolute atomic E-state index is 11.4. The minimum absolute atomic E-state index is 0.555. The Labute approximate surface area is 145 Å². The predicted octanol–water partition coefficient (Wildman–Crippen LogP) is 4.60. The summed E-state index contributed by atoms with van der Waals surface area (Å²) < 4.78 is 11.2. The van der Waals surface area contributed by atoms with Gasteiger partial charge in [0.15, 0.2) is 0 Å². The van der Waals surface area contributed by atoms with Crippen molar-refractivity contribution in [1.29, 1.82) is 0 Å². The molecule has 0 aromatic heterocycles. The summed E-state index contributed by atoms with van der Waals surface area (Å²) >= 11 is 6.10. The first-order valence-corrected chi connectivity index (χ1v) is 7.95. The number of fused-ring (bicyclic) bond motifs is 3. The maximum atomic E-state index is 11.4. The highest BCUT2D eigenvalue weighted by Gasteiger charge is 2.40. The molecule has 1 aliphatic rings. The van der Waals surface area contributed by atoms with Crippen LogP contribution in [0.5, 0.6) is 11.5 Å². The summed E-state index contributed by atoms with van der Waals surface area (Å²) in [7, 11) is 1.61. The summed E-state index contributed by atoms with van der Waals surface area (Å²) in [4.78, 5) is 0. The van der Waals surface area contributed by atoms with Crippen molar-refractivity contribution in [1.82, 2.24) is 0 Å². The Morgan fingerprint density at radius 2 is 1.71 bits per heavy atom. The van der Waals surface area contributed by atoms with Crippen LogP contribution in [0.15, 0.2) is 66.7 Å². The minimum Gasteiger partial charge on any atom is -0.497 e. The van der Waals surface area contributed by atoms with E-state index < -0.39 is 5.79 Å². The second kappa shape index (κ2) is 5.55. The van der Waals surface area contributed by atoms with Gasteiger partial charge in [0.2, 0.25) is 0 Å². The number of hydrogen-bond acceptors (Lipinski definition) is 3. The number of hydrogen-bond donors (Lipinski definition) is 1. The molecule has 1 N–H and O–H groups in total. The van der Waals surface area contributed by atoms with Crippen molar-refractivity contribution < 1.29 is 14.6 Å². The molecule has 1 unspecified atom stereocenters. The molecule has 4 rings (SSSR count). The van der Waals surface area contributed by atoms with Gasteiger partial charge in [0.05, 0.1) is 7.11 Å². The van der Waals surface area contributed by atoms with E-state index in [1.54, 1.807) is 37.4 Å². The van der Waals surface area contributed by atoms with Gasteiger partial charge < -0.3 is 14.6 Å². The lowest BCUT2D eigenvalue weighted by molar-refractivity contribution is -0.110. The zero-order valence-corrected chi connectivity index (χ0v) is 13.7. The van der Waals surface area contributed by atoms with Crippen molar-refractivity contribution in [3.8, 4) is 22.6 Å². The normalized spacial score (nSPS) is 18.3.